The van der Waals surface area contributed by atoms with Gasteiger partial charge in [-0.25, -0.2) is 4.39 Å². The standard InChI is InChI=1S/C22H24FN4OP/c1-12(24)21(13(2)25)19-6-4-16(10-26-19)27-20(28)8-18-17-5-3-15(23)7-14(17)9-22(18)11-29-22/h3-7,10,18,24,29H,8-9,11,25H2,1-2H3,(H,27,28). The summed E-state index contributed by atoms with van der Waals surface area (Å²) in [7, 11) is 0.836. The van der Waals surface area contributed by atoms with Crippen LogP contribution < -0.4 is 11.1 Å². The second-order valence-corrected chi connectivity index (χ2v) is 9.65. The molecule has 1 saturated heterocycles. The molecule has 1 aliphatic heterocycles. The molecule has 2 heterocycles. The highest BCUT2D eigenvalue weighted by Gasteiger charge is 2.54. The Hall–Kier alpha value is -2.59. The van der Waals surface area contributed by atoms with E-state index in [9.17, 15) is 9.18 Å². The van der Waals surface area contributed by atoms with Gasteiger partial charge in [0.1, 0.15) is 5.82 Å². The summed E-state index contributed by atoms with van der Waals surface area (Å²) in [6.07, 6.45) is 3.98. The number of fused-ring (bicyclic) bond motifs is 1. The Kier molecular flexibility index (Phi) is 4.99. The molecule has 150 valence electrons. The molecule has 2 aliphatic rings. The zero-order valence-corrected chi connectivity index (χ0v) is 17.5. The Morgan fingerprint density at radius 2 is 2.14 bits per heavy atom. The monoisotopic (exact) mass is 410 g/mol. The molecule has 0 saturated carbocycles. The number of anilines is 1. The molecule has 7 heteroatoms. The minimum atomic E-state index is -0.208. The summed E-state index contributed by atoms with van der Waals surface area (Å²) in [5.41, 5.74) is 10.8. The van der Waals surface area contributed by atoms with Crippen LogP contribution in [0.3, 0.4) is 0 Å². The van der Waals surface area contributed by atoms with E-state index >= 15 is 0 Å². The number of hydrogen-bond acceptors (Lipinski definition) is 4. The summed E-state index contributed by atoms with van der Waals surface area (Å²) in [4.78, 5) is 17.1. The molecule has 1 aromatic heterocycles. The number of amides is 1. The van der Waals surface area contributed by atoms with E-state index in [-0.39, 0.29) is 22.8 Å². The van der Waals surface area contributed by atoms with Gasteiger partial charge in [-0.3, -0.25) is 9.78 Å². The van der Waals surface area contributed by atoms with Crippen molar-refractivity contribution in [2.24, 2.45) is 5.73 Å². The maximum atomic E-state index is 13.6. The summed E-state index contributed by atoms with van der Waals surface area (Å²) >= 11 is 0. The number of carbonyl (C=O) groups excluding carboxylic acids is 1. The Morgan fingerprint density at radius 3 is 2.72 bits per heavy atom. The number of benzene rings is 1. The molecule has 1 fully saturated rings. The van der Waals surface area contributed by atoms with Crippen molar-refractivity contribution in [3.8, 4) is 0 Å². The van der Waals surface area contributed by atoms with Gasteiger partial charge < -0.3 is 16.5 Å². The van der Waals surface area contributed by atoms with E-state index in [0.717, 1.165) is 32.3 Å². The highest BCUT2D eigenvalue weighted by Crippen LogP contribution is 2.66. The van der Waals surface area contributed by atoms with Gasteiger partial charge in [0, 0.05) is 34.5 Å². The van der Waals surface area contributed by atoms with E-state index < -0.39 is 0 Å². The quantitative estimate of drug-likeness (QED) is 0.513. The number of allylic oxidation sites excluding steroid dienone is 2. The molecule has 0 bridgehead atoms. The van der Waals surface area contributed by atoms with Crippen molar-refractivity contribution in [2.75, 3.05) is 11.5 Å². The van der Waals surface area contributed by atoms with E-state index in [1.165, 1.54) is 6.07 Å². The molecule has 2 aromatic rings. The minimum Gasteiger partial charge on any atom is -0.402 e. The van der Waals surface area contributed by atoms with Gasteiger partial charge >= 0.3 is 0 Å². The van der Waals surface area contributed by atoms with Gasteiger partial charge in [0.15, 0.2) is 0 Å². The van der Waals surface area contributed by atoms with Crippen molar-refractivity contribution in [2.45, 2.75) is 37.8 Å². The summed E-state index contributed by atoms with van der Waals surface area (Å²) in [5.74, 6) is -0.120. The molecule has 3 unspecified atom stereocenters. The third kappa shape index (κ3) is 3.82. The van der Waals surface area contributed by atoms with Crippen LogP contribution >= 0.6 is 8.58 Å². The molecule has 1 amide bonds. The van der Waals surface area contributed by atoms with Gasteiger partial charge in [0.2, 0.25) is 5.91 Å². The van der Waals surface area contributed by atoms with Gasteiger partial charge in [0.05, 0.1) is 17.6 Å². The fraction of sp³-hybridized carbons (Fsp3) is 0.318. The first-order chi connectivity index (χ1) is 13.8. The molecule has 0 radical (unpaired) electrons. The van der Waals surface area contributed by atoms with Crippen LogP contribution in [-0.2, 0) is 11.2 Å². The lowest BCUT2D eigenvalue weighted by molar-refractivity contribution is -0.116. The fourth-order valence-corrected chi connectivity index (χ4v) is 5.74. The van der Waals surface area contributed by atoms with Crippen molar-refractivity contribution >= 4 is 31.5 Å². The van der Waals surface area contributed by atoms with Crippen molar-refractivity contribution < 1.29 is 9.18 Å². The minimum absolute atomic E-state index is 0.0631. The second-order valence-electron chi connectivity index (χ2n) is 7.95. The first kappa shape index (κ1) is 19.7. The lowest BCUT2D eigenvalue weighted by atomic mass is 9.90. The Morgan fingerprint density at radius 1 is 1.38 bits per heavy atom. The number of nitrogens with zero attached hydrogens (tertiary/aromatic N) is 1. The lowest BCUT2D eigenvalue weighted by Crippen LogP contribution is -2.22. The maximum Gasteiger partial charge on any atom is 0.225 e. The van der Waals surface area contributed by atoms with Gasteiger partial charge in [0.25, 0.3) is 0 Å². The topological polar surface area (TPSA) is 91.9 Å². The summed E-state index contributed by atoms with van der Waals surface area (Å²) in [5, 5.41) is 10.9. The van der Waals surface area contributed by atoms with Gasteiger partial charge in [-0.15, -0.1) is 8.58 Å². The zero-order chi connectivity index (χ0) is 20.8. The van der Waals surface area contributed by atoms with Gasteiger partial charge in [-0.2, -0.15) is 0 Å². The number of rotatable bonds is 5. The average molecular weight is 410 g/mol. The number of nitrogens with two attached hydrogens (primary N) is 1. The summed E-state index contributed by atoms with van der Waals surface area (Å²) in [6, 6.07) is 8.50. The first-order valence-corrected chi connectivity index (χ1v) is 10.8. The molecule has 1 aromatic carbocycles. The summed E-state index contributed by atoms with van der Waals surface area (Å²) in [6.45, 7) is 3.41. The Bertz CT molecular complexity index is 1020. The second kappa shape index (κ2) is 7.34. The number of nitrogens with one attached hydrogen (secondary N) is 2. The number of pyridine rings is 1. The number of carbonyl (C=O) groups is 1. The normalized spacial score (nSPS) is 23.6. The van der Waals surface area contributed by atoms with E-state index in [4.69, 9.17) is 11.1 Å². The number of aromatic nitrogens is 1. The highest BCUT2D eigenvalue weighted by molar-refractivity contribution is 7.49. The maximum absolute atomic E-state index is 13.6. The van der Waals surface area contributed by atoms with Crippen molar-refractivity contribution in [3.05, 3.63) is 64.9 Å². The van der Waals surface area contributed by atoms with Crippen LogP contribution in [0.4, 0.5) is 10.1 Å². The van der Waals surface area contributed by atoms with E-state index in [1.807, 2.05) is 6.07 Å². The van der Waals surface area contributed by atoms with Crippen LogP contribution in [0.5, 0.6) is 0 Å². The number of hydrogen-bond donors (Lipinski definition) is 3. The van der Waals surface area contributed by atoms with Crippen LogP contribution in [0.2, 0.25) is 0 Å². The smallest absolute Gasteiger partial charge is 0.225 e. The van der Waals surface area contributed by atoms with Crippen LogP contribution in [0.1, 0.15) is 43.0 Å². The fourth-order valence-electron chi connectivity index (χ4n) is 4.32. The molecule has 5 nitrogen and oxygen atoms in total. The van der Waals surface area contributed by atoms with Crippen LogP contribution in [0.15, 0.2) is 42.2 Å². The SMILES string of the molecule is CC(=N)C(=C(C)N)c1ccc(NC(=O)CC2c3ccc(F)cc3CC23CP3)cn1. The third-order valence-corrected chi connectivity index (χ3v) is 7.53. The molecular formula is C22H24FN4OP. The molecule has 1 aliphatic carbocycles. The molecule has 4 rings (SSSR count). The molecule has 29 heavy (non-hydrogen) atoms. The molecule has 3 atom stereocenters. The third-order valence-electron chi connectivity index (χ3n) is 5.75. The Labute approximate surface area is 171 Å². The average Bonchev–Trinajstić information content (AvgIpc) is 3.35. The lowest BCUT2D eigenvalue weighted by Gasteiger charge is -2.18. The van der Waals surface area contributed by atoms with E-state index in [2.05, 4.69) is 10.3 Å². The van der Waals surface area contributed by atoms with Crippen LogP contribution in [0, 0.1) is 11.2 Å². The van der Waals surface area contributed by atoms with Crippen molar-refractivity contribution in [1.29, 1.82) is 5.41 Å². The molecular weight excluding hydrogens is 386 g/mol. The number of halogens is 1. The molecule has 4 N–H and O–H groups in total. The van der Waals surface area contributed by atoms with Crippen molar-refractivity contribution in [1.82, 2.24) is 4.98 Å². The predicted molar refractivity (Wildman–Crippen MR) is 116 cm³/mol. The largest absolute Gasteiger partial charge is 0.402 e. The summed E-state index contributed by atoms with van der Waals surface area (Å²) < 4.78 is 13.6. The molecule has 1 spiro atoms. The van der Waals surface area contributed by atoms with Crippen LogP contribution in [0.25, 0.3) is 5.57 Å². The zero-order valence-electron chi connectivity index (χ0n) is 16.5. The first-order valence-electron chi connectivity index (χ1n) is 9.60. The predicted octanol–water partition coefficient (Wildman–Crippen LogP) is 4.05. The van der Waals surface area contributed by atoms with E-state index in [0.29, 0.717) is 34.8 Å². The van der Waals surface area contributed by atoms with Gasteiger partial charge in [-0.1, -0.05) is 6.07 Å². The van der Waals surface area contributed by atoms with Crippen molar-refractivity contribution in [3.63, 3.8) is 0 Å². The van der Waals surface area contributed by atoms with E-state index in [1.54, 1.807) is 38.2 Å². The van der Waals surface area contributed by atoms with Crippen LogP contribution in [-0.4, -0.2) is 27.9 Å². The highest BCUT2D eigenvalue weighted by atomic mass is 31.1. The Balaban J connectivity index is 1.47. The van der Waals surface area contributed by atoms with Gasteiger partial charge in [-0.05, 0) is 61.8 Å².